The fourth-order valence-electron chi connectivity index (χ4n) is 3.71. The summed E-state index contributed by atoms with van der Waals surface area (Å²) in [5, 5.41) is 3.29. The largest absolute Gasteiger partial charge is 0.355 e. The van der Waals surface area contributed by atoms with Gasteiger partial charge in [-0.2, -0.15) is 0 Å². The molecule has 160 valence electrons. The van der Waals surface area contributed by atoms with Crippen LogP contribution in [0.2, 0.25) is 5.02 Å². The quantitative estimate of drug-likeness (QED) is 0.653. The van der Waals surface area contributed by atoms with Gasteiger partial charge >= 0.3 is 0 Å². The normalized spacial score (nSPS) is 14.5. The molecule has 2 aromatic heterocycles. The van der Waals surface area contributed by atoms with Crippen molar-refractivity contribution in [1.29, 1.82) is 0 Å². The lowest BCUT2D eigenvalue weighted by Crippen LogP contribution is -2.44. The lowest BCUT2D eigenvalue weighted by molar-refractivity contribution is -0.119. The predicted octanol–water partition coefficient (Wildman–Crippen LogP) is 4.24. The highest BCUT2D eigenvalue weighted by molar-refractivity contribution is 6.33. The van der Waals surface area contributed by atoms with Crippen molar-refractivity contribution in [1.82, 2.24) is 20.3 Å². The Morgan fingerprint density at radius 1 is 1.13 bits per heavy atom. The number of nitrogens with zero attached hydrogens (tertiary/aromatic N) is 4. The number of carbonyl (C=O) groups is 1. The van der Waals surface area contributed by atoms with E-state index in [1.165, 1.54) is 25.3 Å². The van der Waals surface area contributed by atoms with Crippen LogP contribution in [0.3, 0.4) is 0 Å². The van der Waals surface area contributed by atoms with Crippen LogP contribution in [-0.4, -0.2) is 40.0 Å². The number of halogens is 3. The molecule has 0 aliphatic carbocycles. The van der Waals surface area contributed by atoms with Gasteiger partial charge in [0.2, 0.25) is 5.91 Å². The summed E-state index contributed by atoms with van der Waals surface area (Å²) in [4.78, 5) is 26.6. The van der Waals surface area contributed by atoms with Gasteiger partial charge in [0.15, 0.2) is 0 Å². The molecule has 3 aromatic rings. The number of amides is 1. The summed E-state index contributed by atoms with van der Waals surface area (Å²) >= 11 is 6.35. The summed E-state index contributed by atoms with van der Waals surface area (Å²) in [5.74, 6) is -0.824. The fraction of sp³-hybridized carbons (Fsp3) is 0.273. The molecule has 1 saturated heterocycles. The van der Waals surface area contributed by atoms with E-state index in [0.29, 0.717) is 35.2 Å². The van der Waals surface area contributed by atoms with E-state index in [-0.39, 0.29) is 23.2 Å². The molecule has 1 amide bonds. The van der Waals surface area contributed by atoms with Crippen LogP contribution in [0.5, 0.6) is 0 Å². The summed E-state index contributed by atoms with van der Waals surface area (Å²) in [6.45, 7) is 2.89. The van der Waals surface area contributed by atoms with E-state index < -0.39 is 11.6 Å². The molecular weight excluding hydrogens is 424 g/mol. The Hall–Kier alpha value is -3.13. The van der Waals surface area contributed by atoms with Crippen molar-refractivity contribution in [2.45, 2.75) is 25.8 Å². The van der Waals surface area contributed by atoms with E-state index in [1.54, 1.807) is 18.5 Å². The van der Waals surface area contributed by atoms with Crippen LogP contribution in [-0.2, 0) is 4.79 Å². The number of carbonyl (C=O) groups excluding carboxylic acids is 1. The first-order chi connectivity index (χ1) is 14.9. The number of benzene rings is 1. The zero-order valence-corrected chi connectivity index (χ0v) is 17.5. The van der Waals surface area contributed by atoms with Crippen LogP contribution in [0.1, 0.15) is 19.8 Å². The average molecular weight is 444 g/mol. The van der Waals surface area contributed by atoms with E-state index in [0.717, 1.165) is 18.9 Å². The van der Waals surface area contributed by atoms with Crippen LogP contribution in [0.15, 0.2) is 42.9 Å². The van der Waals surface area contributed by atoms with Gasteiger partial charge in [-0.25, -0.2) is 18.7 Å². The van der Waals surface area contributed by atoms with Crippen molar-refractivity contribution >= 4 is 23.3 Å². The Bertz CT molecular complexity index is 1120. The molecule has 9 heteroatoms. The van der Waals surface area contributed by atoms with Crippen LogP contribution in [0.25, 0.3) is 22.5 Å². The summed E-state index contributed by atoms with van der Waals surface area (Å²) in [5.41, 5.74) is 1.34. The van der Waals surface area contributed by atoms with Crippen molar-refractivity contribution < 1.29 is 13.6 Å². The second-order valence-corrected chi connectivity index (χ2v) is 7.77. The monoisotopic (exact) mass is 443 g/mol. The standard InChI is InChI=1S/C22H20ClF2N5O/c1-13(31)28-15-5-8-30(9-6-15)20-12-27-21(17-3-2-14(24)10-19(17)25)22(29-20)16-4-7-26-11-18(16)23/h2-4,7,10-12,15H,5-6,8-9H2,1H3,(H,28,31). The number of aromatic nitrogens is 3. The van der Waals surface area contributed by atoms with Gasteiger partial charge in [-0.3, -0.25) is 9.78 Å². The van der Waals surface area contributed by atoms with Gasteiger partial charge in [-0.05, 0) is 31.0 Å². The highest BCUT2D eigenvalue weighted by Gasteiger charge is 2.23. The molecule has 31 heavy (non-hydrogen) atoms. The third kappa shape index (κ3) is 4.64. The van der Waals surface area contributed by atoms with E-state index in [9.17, 15) is 13.6 Å². The number of nitrogens with one attached hydrogen (secondary N) is 1. The first kappa shape index (κ1) is 21.1. The minimum atomic E-state index is -0.732. The SMILES string of the molecule is CC(=O)NC1CCN(c2cnc(-c3ccc(F)cc3F)c(-c3ccncc3Cl)n2)CC1. The Balaban J connectivity index is 1.73. The zero-order valence-electron chi connectivity index (χ0n) is 16.8. The molecule has 1 fully saturated rings. The van der Waals surface area contributed by atoms with Gasteiger partial charge in [-0.1, -0.05) is 11.6 Å². The van der Waals surface area contributed by atoms with Gasteiger partial charge < -0.3 is 10.2 Å². The van der Waals surface area contributed by atoms with Crippen molar-refractivity contribution in [2.24, 2.45) is 0 Å². The molecule has 1 aliphatic heterocycles. The molecule has 0 bridgehead atoms. The smallest absolute Gasteiger partial charge is 0.217 e. The lowest BCUT2D eigenvalue weighted by atomic mass is 10.0. The van der Waals surface area contributed by atoms with Gasteiger partial charge in [0, 0.05) is 55.6 Å². The molecule has 0 atom stereocenters. The van der Waals surface area contributed by atoms with Crippen LogP contribution in [0, 0.1) is 11.6 Å². The predicted molar refractivity (Wildman–Crippen MR) is 115 cm³/mol. The molecule has 0 spiro atoms. The second kappa shape index (κ2) is 8.93. The molecule has 3 heterocycles. The third-order valence-corrected chi connectivity index (χ3v) is 5.50. The summed E-state index contributed by atoms with van der Waals surface area (Å²) in [6, 6.07) is 5.15. The van der Waals surface area contributed by atoms with Crippen LogP contribution >= 0.6 is 11.6 Å². The summed E-state index contributed by atoms with van der Waals surface area (Å²) in [7, 11) is 0. The Kier molecular flexibility index (Phi) is 6.08. The number of anilines is 1. The molecule has 0 unspecified atom stereocenters. The molecule has 0 saturated carbocycles. The van der Waals surface area contributed by atoms with Gasteiger partial charge in [0.1, 0.15) is 23.1 Å². The van der Waals surface area contributed by atoms with Gasteiger partial charge in [-0.15, -0.1) is 0 Å². The van der Waals surface area contributed by atoms with E-state index in [4.69, 9.17) is 16.6 Å². The van der Waals surface area contributed by atoms with E-state index in [2.05, 4.69) is 20.2 Å². The third-order valence-electron chi connectivity index (χ3n) is 5.20. The average Bonchev–Trinajstić information content (AvgIpc) is 2.74. The number of pyridine rings is 1. The summed E-state index contributed by atoms with van der Waals surface area (Å²) < 4.78 is 28.0. The Morgan fingerprint density at radius 3 is 2.58 bits per heavy atom. The first-order valence-electron chi connectivity index (χ1n) is 9.87. The van der Waals surface area contributed by atoms with Crippen LogP contribution < -0.4 is 10.2 Å². The van der Waals surface area contributed by atoms with Crippen molar-refractivity contribution in [3.05, 3.63) is 59.5 Å². The molecular formula is C22H20ClF2N5O. The maximum atomic E-state index is 14.5. The van der Waals surface area contributed by atoms with Crippen molar-refractivity contribution in [2.75, 3.05) is 18.0 Å². The molecule has 1 aliphatic rings. The van der Waals surface area contributed by atoms with Crippen LogP contribution in [0.4, 0.5) is 14.6 Å². The van der Waals surface area contributed by atoms with Crippen molar-refractivity contribution in [3.63, 3.8) is 0 Å². The maximum Gasteiger partial charge on any atom is 0.217 e. The van der Waals surface area contributed by atoms with Gasteiger partial charge in [0.05, 0.1) is 16.9 Å². The molecule has 1 N–H and O–H groups in total. The summed E-state index contributed by atoms with van der Waals surface area (Å²) in [6.07, 6.45) is 6.19. The fourth-order valence-corrected chi connectivity index (χ4v) is 3.92. The number of piperidine rings is 1. The number of hydrogen-bond donors (Lipinski definition) is 1. The Labute approximate surface area is 183 Å². The minimum Gasteiger partial charge on any atom is -0.355 e. The first-order valence-corrected chi connectivity index (χ1v) is 10.2. The molecule has 0 radical (unpaired) electrons. The number of rotatable bonds is 4. The number of hydrogen-bond acceptors (Lipinski definition) is 5. The zero-order chi connectivity index (χ0) is 22.0. The molecule has 1 aromatic carbocycles. The molecule has 6 nitrogen and oxygen atoms in total. The van der Waals surface area contributed by atoms with E-state index >= 15 is 0 Å². The highest BCUT2D eigenvalue weighted by Crippen LogP contribution is 2.35. The second-order valence-electron chi connectivity index (χ2n) is 7.37. The Morgan fingerprint density at radius 2 is 1.90 bits per heavy atom. The minimum absolute atomic E-state index is 0.0430. The van der Waals surface area contributed by atoms with Crippen molar-refractivity contribution in [3.8, 4) is 22.5 Å². The topological polar surface area (TPSA) is 71.0 Å². The maximum absolute atomic E-state index is 14.5. The van der Waals surface area contributed by atoms with E-state index in [1.807, 2.05) is 0 Å². The lowest BCUT2D eigenvalue weighted by Gasteiger charge is -2.33. The van der Waals surface area contributed by atoms with Gasteiger partial charge in [0.25, 0.3) is 0 Å². The molecule has 4 rings (SSSR count). The highest BCUT2D eigenvalue weighted by atomic mass is 35.5.